The lowest BCUT2D eigenvalue weighted by molar-refractivity contribution is 0.0638. The predicted molar refractivity (Wildman–Crippen MR) is 78.2 cm³/mol. The molecule has 0 radical (unpaired) electrons. The highest BCUT2D eigenvalue weighted by Gasteiger charge is 2.23. The van der Waals surface area contributed by atoms with Crippen LogP contribution in [0.15, 0.2) is 18.2 Å². The molecule has 0 bridgehead atoms. The number of amides is 1. The maximum atomic E-state index is 12.5. The summed E-state index contributed by atoms with van der Waals surface area (Å²) in [7, 11) is 0. The van der Waals surface area contributed by atoms with Crippen LogP contribution in [0.4, 0.5) is 5.69 Å². The van der Waals surface area contributed by atoms with Gasteiger partial charge in [-0.1, -0.05) is 19.1 Å². The van der Waals surface area contributed by atoms with Crippen LogP contribution < -0.4 is 5.73 Å². The third-order valence-electron chi connectivity index (χ3n) is 3.72. The van der Waals surface area contributed by atoms with Crippen molar-refractivity contribution in [2.75, 3.05) is 38.5 Å². The topological polar surface area (TPSA) is 49.6 Å². The van der Waals surface area contributed by atoms with E-state index in [2.05, 4.69) is 11.8 Å². The van der Waals surface area contributed by atoms with Crippen LogP contribution in [0.2, 0.25) is 0 Å². The van der Waals surface area contributed by atoms with E-state index in [1.807, 2.05) is 24.0 Å². The number of carbonyl (C=O) groups excluding carboxylic acids is 1. The molecule has 19 heavy (non-hydrogen) atoms. The Kier molecular flexibility index (Phi) is 4.43. The highest BCUT2D eigenvalue weighted by atomic mass is 16.2. The van der Waals surface area contributed by atoms with Gasteiger partial charge in [0.15, 0.2) is 0 Å². The lowest BCUT2D eigenvalue weighted by atomic mass is 10.0. The molecular weight excluding hydrogens is 238 g/mol. The molecule has 1 fully saturated rings. The van der Waals surface area contributed by atoms with Gasteiger partial charge in [-0.25, -0.2) is 0 Å². The molecule has 2 N–H and O–H groups in total. The second-order valence-electron chi connectivity index (χ2n) is 5.17. The zero-order chi connectivity index (χ0) is 13.8. The first-order chi connectivity index (χ1) is 9.13. The number of piperazine rings is 1. The number of aryl methyl sites for hydroxylation is 1. The third kappa shape index (κ3) is 3.07. The van der Waals surface area contributed by atoms with E-state index < -0.39 is 0 Å². The number of nitrogens with two attached hydrogens (primary N) is 1. The van der Waals surface area contributed by atoms with Crippen molar-refractivity contribution in [2.24, 2.45) is 0 Å². The minimum Gasteiger partial charge on any atom is -0.398 e. The molecule has 4 nitrogen and oxygen atoms in total. The van der Waals surface area contributed by atoms with Crippen LogP contribution >= 0.6 is 0 Å². The molecule has 1 aliphatic heterocycles. The van der Waals surface area contributed by atoms with E-state index in [1.165, 1.54) is 6.42 Å². The molecule has 1 aromatic carbocycles. The number of benzene rings is 1. The fourth-order valence-electron chi connectivity index (χ4n) is 2.63. The molecule has 2 rings (SSSR count). The minimum atomic E-state index is 0.0757. The Morgan fingerprint density at radius 1 is 1.26 bits per heavy atom. The minimum absolute atomic E-state index is 0.0757. The highest BCUT2D eigenvalue weighted by molar-refractivity contribution is 6.00. The fraction of sp³-hybridized carbons (Fsp3) is 0.533. The summed E-state index contributed by atoms with van der Waals surface area (Å²) in [6.45, 7) is 8.77. The molecule has 1 heterocycles. The van der Waals surface area contributed by atoms with Gasteiger partial charge in [-0.15, -0.1) is 0 Å². The van der Waals surface area contributed by atoms with E-state index in [0.29, 0.717) is 11.3 Å². The normalized spacial score (nSPS) is 16.6. The molecule has 104 valence electrons. The summed E-state index contributed by atoms with van der Waals surface area (Å²) in [4.78, 5) is 16.9. The van der Waals surface area contributed by atoms with Crippen molar-refractivity contribution in [2.45, 2.75) is 20.3 Å². The van der Waals surface area contributed by atoms with E-state index in [4.69, 9.17) is 5.73 Å². The summed E-state index contributed by atoms with van der Waals surface area (Å²) in [6.07, 6.45) is 1.17. The molecule has 0 aromatic heterocycles. The Morgan fingerprint density at radius 2 is 1.95 bits per heavy atom. The van der Waals surface area contributed by atoms with Crippen molar-refractivity contribution in [3.63, 3.8) is 0 Å². The quantitative estimate of drug-likeness (QED) is 0.843. The molecule has 0 unspecified atom stereocenters. The Labute approximate surface area is 115 Å². The molecule has 0 spiro atoms. The van der Waals surface area contributed by atoms with Gasteiger partial charge in [0.1, 0.15) is 0 Å². The van der Waals surface area contributed by atoms with Crippen molar-refractivity contribution < 1.29 is 4.79 Å². The zero-order valence-corrected chi connectivity index (χ0v) is 11.9. The number of anilines is 1. The smallest absolute Gasteiger partial charge is 0.256 e. The van der Waals surface area contributed by atoms with Gasteiger partial charge >= 0.3 is 0 Å². The van der Waals surface area contributed by atoms with E-state index in [1.54, 1.807) is 6.07 Å². The Morgan fingerprint density at radius 3 is 2.53 bits per heavy atom. The van der Waals surface area contributed by atoms with Gasteiger partial charge in [-0.2, -0.15) is 0 Å². The molecule has 1 aliphatic rings. The van der Waals surface area contributed by atoms with Gasteiger partial charge in [0.05, 0.1) is 5.56 Å². The Balaban J connectivity index is 2.05. The second kappa shape index (κ2) is 6.06. The molecule has 1 amide bonds. The average molecular weight is 261 g/mol. The summed E-state index contributed by atoms with van der Waals surface area (Å²) < 4.78 is 0. The molecule has 1 aromatic rings. The number of nitrogens with zero attached hydrogens (tertiary/aromatic N) is 2. The van der Waals surface area contributed by atoms with Gasteiger partial charge in [0.25, 0.3) is 5.91 Å². The average Bonchev–Trinajstić information content (AvgIpc) is 2.39. The highest BCUT2D eigenvalue weighted by Crippen LogP contribution is 2.19. The van der Waals surface area contributed by atoms with E-state index in [-0.39, 0.29) is 5.91 Å². The number of rotatable bonds is 3. The second-order valence-corrected chi connectivity index (χ2v) is 5.17. The van der Waals surface area contributed by atoms with Crippen molar-refractivity contribution in [1.82, 2.24) is 9.80 Å². The SMILES string of the molecule is CCCN1CCN(C(=O)c2c(C)cccc2N)CC1. The van der Waals surface area contributed by atoms with Gasteiger partial charge < -0.3 is 10.6 Å². The van der Waals surface area contributed by atoms with Crippen LogP contribution in [0, 0.1) is 6.92 Å². The van der Waals surface area contributed by atoms with Crippen molar-refractivity contribution in [1.29, 1.82) is 0 Å². The predicted octanol–water partition coefficient (Wildman–Crippen LogP) is 1.75. The fourth-order valence-corrected chi connectivity index (χ4v) is 2.63. The van der Waals surface area contributed by atoms with Crippen LogP contribution in [0.1, 0.15) is 29.3 Å². The number of carbonyl (C=O) groups is 1. The molecule has 0 aliphatic carbocycles. The van der Waals surface area contributed by atoms with E-state index in [0.717, 1.165) is 38.3 Å². The standard InChI is InChI=1S/C15H23N3O/c1-3-7-17-8-10-18(11-9-17)15(19)14-12(2)5-4-6-13(14)16/h4-6H,3,7-11,16H2,1-2H3. The van der Waals surface area contributed by atoms with Crippen molar-refractivity contribution in [3.05, 3.63) is 29.3 Å². The lowest BCUT2D eigenvalue weighted by Gasteiger charge is -2.35. The Hall–Kier alpha value is -1.55. The molecule has 4 heteroatoms. The summed E-state index contributed by atoms with van der Waals surface area (Å²) in [5.41, 5.74) is 8.16. The van der Waals surface area contributed by atoms with E-state index >= 15 is 0 Å². The first-order valence-corrected chi connectivity index (χ1v) is 7.00. The van der Waals surface area contributed by atoms with Crippen LogP contribution in [0.25, 0.3) is 0 Å². The number of hydrogen-bond acceptors (Lipinski definition) is 3. The van der Waals surface area contributed by atoms with Crippen LogP contribution in [-0.4, -0.2) is 48.4 Å². The summed E-state index contributed by atoms with van der Waals surface area (Å²) >= 11 is 0. The molecular formula is C15H23N3O. The lowest BCUT2D eigenvalue weighted by Crippen LogP contribution is -2.49. The molecule has 1 saturated heterocycles. The van der Waals surface area contributed by atoms with Gasteiger partial charge in [-0.05, 0) is 31.5 Å². The first kappa shape index (κ1) is 13.9. The largest absolute Gasteiger partial charge is 0.398 e. The molecule has 0 atom stereocenters. The summed E-state index contributed by atoms with van der Waals surface area (Å²) in [6, 6.07) is 5.63. The third-order valence-corrected chi connectivity index (χ3v) is 3.72. The van der Waals surface area contributed by atoms with E-state index in [9.17, 15) is 4.79 Å². The monoisotopic (exact) mass is 261 g/mol. The summed E-state index contributed by atoms with van der Waals surface area (Å²) in [5, 5.41) is 0. The zero-order valence-electron chi connectivity index (χ0n) is 11.9. The maximum absolute atomic E-state index is 12.5. The van der Waals surface area contributed by atoms with Crippen LogP contribution in [0.5, 0.6) is 0 Å². The first-order valence-electron chi connectivity index (χ1n) is 7.00. The van der Waals surface area contributed by atoms with Crippen molar-refractivity contribution >= 4 is 11.6 Å². The van der Waals surface area contributed by atoms with Gasteiger partial charge in [0, 0.05) is 31.9 Å². The Bertz CT molecular complexity index is 430. The van der Waals surface area contributed by atoms with Crippen LogP contribution in [-0.2, 0) is 0 Å². The van der Waals surface area contributed by atoms with Crippen molar-refractivity contribution in [3.8, 4) is 0 Å². The number of nitrogen functional groups attached to an aromatic ring is 1. The van der Waals surface area contributed by atoms with Gasteiger partial charge in [-0.3, -0.25) is 9.69 Å². The van der Waals surface area contributed by atoms with Crippen LogP contribution in [0.3, 0.4) is 0 Å². The summed E-state index contributed by atoms with van der Waals surface area (Å²) in [5.74, 6) is 0.0757. The maximum Gasteiger partial charge on any atom is 0.256 e. The van der Waals surface area contributed by atoms with Gasteiger partial charge in [0.2, 0.25) is 0 Å². The number of hydrogen-bond donors (Lipinski definition) is 1. The molecule has 0 saturated carbocycles.